The van der Waals surface area contributed by atoms with Crippen molar-refractivity contribution < 1.29 is 4.74 Å². The van der Waals surface area contributed by atoms with E-state index in [1.807, 2.05) is 0 Å². The molecule has 0 radical (unpaired) electrons. The Bertz CT molecular complexity index is 453. The number of para-hydroxylation sites is 1. The van der Waals surface area contributed by atoms with Gasteiger partial charge in [-0.15, -0.1) is 0 Å². The highest BCUT2D eigenvalue weighted by Gasteiger charge is 2.32. The summed E-state index contributed by atoms with van der Waals surface area (Å²) in [6, 6.07) is 7.90. The van der Waals surface area contributed by atoms with Crippen LogP contribution < -0.4 is 10.1 Å². The molecule has 1 N–H and O–H groups in total. The van der Waals surface area contributed by atoms with Crippen LogP contribution in [0.15, 0.2) is 18.2 Å². The van der Waals surface area contributed by atoms with Crippen LogP contribution in [-0.4, -0.2) is 12.1 Å². The van der Waals surface area contributed by atoms with Gasteiger partial charge in [0.25, 0.3) is 0 Å². The SMILES string of the molecule is CCC(C)c1cccc2c1OC(C)CC2NC1CC1. The molecular weight excluding hydrogens is 234 g/mol. The first-order valence-corrected chi connectivity index (χ1v) is 7.74. The lowest BCUT2D eigenvalue weighted by molar-refractivity contribution is 0.163. The van der Waals surface area contributed by atoms with Crippen LogP contribution in [0.5, 0.6) is 5.75 Å². The maximum Gasteiger partial charge on any atom is 0.127 e. The Kier molecular flexibility index (Phi) is 3.53. The minimum atomic E-state index is 0.314. The van der Waals surface area contributed by atoms with Gasteiger partial charge in [-0.1, -0.05) is 32.0 Å². The second-order valence-corrected chi connectivity index (χ2v) is 6.23. The highest BCUT2D eigenvalue weighted by Crippen LogP contribution is 2.41. The molecule has 1 aliphatic carbocycles. The molecule has 3 rings (SSSR count). The molecule has 2 nitrogen and oxygen atoms in total. The molecule has 0 bridgehead atoms. The zero-order valence-electron chi connectivity index (χ0n) is 12.3. The number of nitrogens with one attached hydrogen (secondary N) is 1. The van der Waals surface area contributed by atoms with Crippen LogP contribution in [-0.2, 0) is 0 Å². The smallest absolute Gasteiger partial charge is 0.127 e. The molecule has 104 valence electrons. The zero-order valence-corrected chi connectivity index (χ0v) is 12.3. The number of ether oxygens (including phenoxy) is 1. The fourth-order valence-electron chi connectivity index (χ4n) is 2.99. The van der Waals surface area contributed by atoms with E-state index in [2.05, 4.69) is 44.3 Å². The van der Waals surface area contributed by atoms with E-state index in [0.29, 0.717) is 18.1 Å². The number of hydrogen-bond donors (Lipinski definition) is 1. The van der Waals surface area contributed by atoms with Crippen LogP contribution in [0.25, 0.3) is 0 Å². The van der Waals surface area contributed by atoms with Crippen LogP contribution in [0, 0.1) is 0 Å². The van der Waals surface area contributed by atoms with Gasteiger partial charge in [0.15, 0.2) is 0 Å². The van der Waals surface area contributed by atoms with Crippen molar-refractivity contribution in [1.29, 1.82) is 0 Å². The third-order valence-electron chi connectivity index (χ3n) is 4.50. The second kappa shape index (κ2) is 5.16. The minimum absolute atomic E-state index is 0.314. The van der Waals surface area contributed by atoms with Crippen molar-refractivity contribution in [2.75, 3.05) is 0 Å². The molecule has 0 spiro atoms. The fourth-order valence-corrected chi connectivity index (χ4v) is 2.99. The van der Waals surface area contributed by atoms with Gasteiger partial charge in [-0.2, -0.15) is 0 Å². The lowest BCUT2D eigenvalue weighted by atomic mass is 9.89. The number of hydrogen-bond acceptors (Lipinski definition) is 2. The van der Waals surface area contributed by atoms with E-state index >= 15 is 0 Å². The van der Waals surface area contributed by atoms with Gasteiger partial charge in [0.1, 0.15) is 5.75 Å². The minimum Gasteiger partial charge on any atom is -0.490 e. The summed E-state index contributed by atoms with van der Waals surface area (Å²) >= 11 is 0. The molecule has 2 heteroatoms. The molecule has 19 heavy (non-hydrogen) atoms. The van der Waals surface area contributed by atoms with Gasteiger partial charge < -0.3 is 10.1 Å². The largest absolute Gasteiger partial charge is 0.490 e. The Morgan fingerprint density at radius 3 is 2.84 bits per heavy atom. The standard InChI is InChI=1S/C17H25NO/c1-4-11(2)14-6-5-7-15-16(18-13-8-9-13)10-12(3)19-17(14)15/h5-7,11-13,16,18H,4,8-10H2,1-3H3. The van der Waals surface area contributed by atoms with Crippen molar-refractivity contribution in [1.82, 2.24) is 5.32 Å². The topological polar surface area (TPSA) is 21.3 Å². The van der Waals surface area contributed by atoms with E-state index in [-0.39, 0.29) is 0 Å². The molecule has 0 amide bonds. The Labute approximate surface area is 116 Å². The van der Waals surface area contributed by atoms with Crippen LogP contribution >= 0.6 is 0 Å². The average Bonchev–Trinajstić information content (AvgIpc) is 3.21. The van der Waals surface area contributed by atoms with Gasteiger partial charge in [-0.05, 0) is 37.7 Å². The molecule has 0 saturated heterocycles. The molecule has 2 aliphatic rings. The van der Waals surface area contributed by atoms with Crippen LogP contribution in [0.4, 0.5) is 0 Å². The van der Waals surface area contributed by atoms with Crippen LogP contribution in [0.2, 0.25) is 0 Å². The van der Waals surface area contributed by atoms with Crippen molar-refractivity contribution in [2.24, 2.45) is 0 Å². The normalized spacial score (nSPS) is 27.5. The Morgan fingerprint density at radius 1 is 1.37 bits per heavy atom. The molecule has 1 heterocycles. The highest BCUT2D eigenvalue weighted by molar-refractivity contribution is 5.46. The number of benzene rings is 1. The van der Waals surface area contributed by atoms with E-state index in [4.69, 9.17) is 4.74 Å². The van der Waals surface area contributed by atoms with E-state index in [1.54, 1.807) is 0 Å². The summed E-state index contributed by atoms with van der Waals surface area (Å²) in [5.74, 6) is 1.73. The summed E-state index contributed by atoms with van der Waals surface area (Å²) in [6.45, 7) is 6.73. The maximum atomic E-state index is 6.18. The molecule has 3 atom stereocenters. The van der Waals surface area contributed by atoms with Crippen LogP contribution in [0.1, 0.15) is 69.5 Å². The summed E-state index contributed by atoms with van der Waals surface area (Å²) in [5, 5.41) is 3.78. The monoisotopic (exact) mass is 259 g/mol. The zero-order chi connectivity index (χ0) is 13.4. The molecule has 1 aromatic rings. The summed E-state index contributed by atoms with van der Waals surface area (Å²) in [6.07, 6.45) is 5.25. The van der Waals surface area contributed by atoms with Gasteiger partial charge in [0.2, 0.25) is 0 Å². The van der Waals surface area contributed by atoms with Gasteiger partial charge in [-0.25, -0.2) is 0 Å². The van der Waals surface area contributed by atoms with Crippen molar-refractivity contribution >= 4 is 0 Å². The first-order valence-electron chi connectivity index (χ1n) is 7.74. The molecular formula is C17H25NO. The lowest BCUT2D eigenvalue weighted by Gasteiger charge is -2.33. The third kappa shape index (κ3) is 2.64. The first kappa shape index (κ1) is 13.0. The fraction of sp³-hybridized carbons (Fsp3) is 0.647. The third-order valence-corrected chi connectivity index (χ3v) is 4.50. The highest BCUT2D eigenvalue weighted by atomic mass is 16.5. The van der Waals surface area contributed by atoms with E-state index in [9.17, 15) is 0 Å². The van der Waals surface area contributed by atoms with Gasteiger partial charge in [0.05, 0.1) is 6.10 Å². The van der Waals surface area contributed by atoms with E-state index in [1.165, 1.54) is 24.0 Å². The van der Waals surface area contributed by atoms with Crippen molar-refractivity contribution in [3.05, 3.63) is 29.3 Å². The Hall–Kier alpha value is -1.02. The van der Waals surface area contributed by atoms with E-state index < -0.39 is 0 Å². The quantitative estimate of drug-likeness (QED) is 0.876. The summed E-state index contributed by atoms with van der Waals surface area (Å²) in [4.78, 5) is 0. The summed E-state index contributed by atoms with van der Waals surface area (Å²) in [7, 11) is 0. The molecule has 1 saturated carbocycles. The van der Waals surface area contributed by atoms with Crippen LogP contribution in [0.3, 0.4) is 0 Å². The Morgan fingerprint density at radius 2 is 2.16 bits per heavy atom. The predicted molar refractivity (Wildman–Crippen MR) is 78.8 cm³/mol. The van der Waals surface area contributed by atoms with Gasteiger partial charge >= 0.3 is 0 Å². The molecule has 3 unspecified atom stereocenters. The van der Waals surface area contributed by atoms with Crippen molar-refractivity contribution in [3.63, 3.8) is 0 Å². The summed E-state index contributed by atoms with van der Waals surface area (Å²) < 4.78 is 6.18. The molecule has 0 aromatic heterocycles. The van der Waals surface area contributed by atoms with Crippen molar-refractivity contribution in [3.8, 4) is 5.75 Å². The van der Waals surface area contributed by atoms with Gasteiger partial charge in [-0.3, -0.25) is 0 Å². The molecule has 1 aliphatic heterocycles. The molecule has 1 fully saturated rings. The van der Waals surface area contributed by atoms with Crippen molar-refractivity contribution in [2.45, 2.75) is 70.6 Å². The van der Waals surface area contributed by atoms with Gasteiger partial charge in [0, 0.05) is 24.1 Å². The maximum absolute atomic E-state index is 6.18. The average molecular weight is 259 g/mol. The molecule has 1 aromatic carbocycles. The first-order chi connectivity index (χ1) is 9.19. The number of fused-ring (bicyclic) bond motifs is 1. The number of rotatable bonds is 4. The van der Waals surface area contributed by atoms with E-state index in [0.717, 1.165) is 24.6 Å². The summed E-state index contributed by atoms with van der Waals surface area (Å²) in [5.41, 5.74) is 2.76. The Balaban J connectivity index is 1.94. The predicted octanol–water partition coefficient (Wildman–Crippen LogP) is 4.16. The lowest BCUT2D eigenvalue weighted by Crippen LogP contribution is -2.33. The second-order valence-electron chi connectivity index (χ2n) is 6.23.